The van der Waals surface area contributed by atoms with Crippen molar-refractivity contribution in [2.24, 2.45) is 0 Å². The van der Waals surface area contributed by atoms with Crippen molar-refractivity contribution in [3.63, 3.8) is 0 Å². The molecule has 0 fully saturated rings. The molecule has 0 aliphatic carbocycles. The van der Waals surface area contributed by atoms with Gasteiger partial charge >= 0.3 is 0 Å². The normalized spacial score (nSPS) is 13.0. The Morgan fingerprint density at radius 1 is 1.04 bits per heavy atom. The largest absolute Gasteiger partial charge is 0.373 e. The molecular formula is C21H34N2OSi. The smallest absolute Gasteiger partial charge is 0.169 e. The average molecular weight is 359 g/mol. The monoisotopic (exact) mass is 358 g/mol. The lowest BCUT2D eigenvalue weighted by Crippen LogP contribution is -2.51. The Kier molecular flexibility index (Phi) is 5.95. The number of hydrogen-bond donors (Lipinski definition) is 0. The molecule has 0 aliphatic rings. The molecule has 4 heteroatoms. The molecule has 0 unspecified atom stereocenters. The van der Waals surface area contributed by atoms with E-state index >= 15 is 0 Å². The maximum Gasteiger partial charge on any atom is 0.169 e. The van der Waals surface area contributed by atoms with Crippen molar-refractivity contribution in [1.29, 1.82) is 0 Å². The van der Waals surface area contributed by atoms with Crippen LogP contribution in [0.3, 0.4) is 0 Å². The van der Waals surface area contributed by atoms with Crippen molar-refractivity contribution < 1.29 is 4.79 Å². The van der Waals surface area contributed by atoms with Gasteiger partial charge in [0.1, 0.15) is 0 Å². The third-order valence-corrected chi connectivity index (χ3v) is 12.5. The molecule has 0 bridgehead atoms. The predicted octanol–water partition coefficient (Wildman–Crippen LogP) is 5.54. The zero-order valence-corrected chi connectivity index (χ0v) is 18.1. The number of aldehydes is 1. The van der Waals surface area contributed by atoms with Crippen LogP contribution in [0.5, 0.6) is 0 Å². The summed E-state index contributed by atoms with van der Waals surface area (Å²) in [5.74, 6) is 0. The third-order valence-electron chi connectivity index (χ3n) is 5.75. The van der Waals surface area contributed by atoms with Crippen LogP contribution in [0.4, 0.5) is 0 Å². The number of carbonyl (C=O) groups is 1. The molecule has 0 aliphatic heterocycles. The topological polar surface area (TPSA) is 25.2 Å². The molecule has 0 saturated carbocycles. The van der Waals surface area contributed by atoms with E-state index in [1.807, 2.05) is 12.1 Å². The molecule has 1 heterocycles. The van der Waals surface area contributed by atoms with E-state index < -0.39 is 8.24 Å². The fraction of sp³-hybridized carbons (Fsp3) is 0.571. The summed E-state index contributed by atoms with van der Waals surface area (Å²) in [5, 5.41) is 1.14. The van der Waals surface area contributed by atoms with Crippen molar-refractivity contribution in [3.8, 4) is 0 Å². The Hall–Kier alpha value is -1.39. The van der Waals surface area contributed by atoms with Gasteiger partial charge in [-0.05, 0) is 42.3 Å². The second-order valence-electron chi connectivity index (χ2n) is 8.47. The fourth-order valence-electron chi connectivity index (χ4n) is 5.11. The van der Waals surface area contributed by atoms with Crippen LogP contribution in [-0.2, 0) is 6.54 Å². The first-order valence-electron chi connectivity index (χ1n) is 9.41. The number of fused-ring (bicyclic) bond motifs is 1. The van der Waals surface area contributed by atoms with Gasteiger partial charge in [0.05, 0.1) is 0 Å². The average Bonchev–Trinajstić information content (AvgIpc) is 2.85. The van der Waals surface area contributed by atoms with Gasteiger partial charge in [0, 0.05) is 29.2 Å². The van der Waals surface area contributed by atoms with Crippen LogP contribution in [-0.4, -0.2) is 37.7 Å². The van der Waals surface area contributed by atoms with E-state index in [-0.39, 0.29) is 0 Å². The SMILES string of the molecule is CC(C)[Si](C(C)C)(C(C)C)n1cc(CN(C)C)c2c(C=O)cccc21. The molecule has 138 valence electrons. The molecule has 2 rings (SSSR count). The summed E-state index contributed by atoms with van der Waals surface area (Å²) in [4.78, 5) is 13.9. The molecule has 0 N–H and O–H groups in total. The number of hydrogen-bond acceptors (Lipinski definition) is 2. The van der Waals surface area contributed by atoms with E-state index in [0.717, 1.165) is 23.8 Å². The lowest BCUT2D eigenvalue weighted by Gasteiger charge is -2.44. The highest BCUT2D eigenvalue weighted by Gasteiger charge is 2.46. The third kappa shape index (κ3) is 3.22. The summed E-state index contributed by atoms with van der Waals surface area (Å²) in [5.41, 5.74) is 5.18. The molecule has 0 atom stereocenters. The first-order valence-corrected chi connectivity index (χ1v) is 11.6. The van der Waals surface area contributed by atoms with Crippen molar-refractivity contribution in [3.05, 3.63) is 35.5 Å². The summed E-state index contributed by atoms with van der Waals surface area (Å²) in [6.07, 6.45) is 3.37. The number of aromatic nitrogens is 1. The van der Waals surface area contributed by atoms with Gasteiger partial charge in [0.15, 0.2) is 14.5 Å². The van der Waals surface area contributed by atoms with Crippen LogP contribution >= 0.6 is 0 Å². The Labute approximate surface area is 154 Å². The first kappa shape index (κ1) is 19.9. The number of carbonyl (C=O) groups excluding carboxylic acids is 1. The summed E-state index contributed by atoms with van der Waals surface area (Å²) in [7, 11) is 2.32. The van der Waals surface area contributed by atoms with Gasteiger partial charge in [0.25, 0.3) is 0 Å². The zero-order chi connectivity index (χ0) is 18.9. The van der Waals surface area contributed by atoms with E-state index in [1.165, 1.54) is 11.1 Å². The maximum absolute atomic E-state index is 11.7. The molecule has 1 aromatic carbocycles. The molecule has 25 heavy (non-hydrogen) atoms. The van der Waals surface area contributed by atoms with Crippen molar-refractivity contribution in [1.82, 2.24) is 9.13 Å². The molecule has 2 aromatic rings. The summed E-state index contributed by atoms with van der Waals surface area (Å²) in [6, 6.07) is 6.18. The second kappa shape index (κ2) is 7.46. The molecular weight excluding hydrogens is 324 g/mol. The van der Waals surface area contributed by atoms with E-state index in [4.69, 9.17) is 0 Å². The van der Waals surface area contributed by atoms with E-state index in [9.17, 15) is 4.79 Å². The van der Waals surface area contributed by atoms with Crippen molar-refractivity contribution in [2.75, 3.05) is 14.1 Å². The number of nitrogens with zero attached hydrogens (tertiary/aromatic N) is 2. The van der Waals surface area contributed by atoms with Crippen LogP contribution in [0.1, 0.15) is 57.5 Å². The maximum atomic E-state index is 11.7. The zero-order valence-electron chi connectivity index (χ0n) is 17.1. The fourth-order valence-corrected chi connectivity index (χ4v) is 11.8. The number of benzene rings is 1. The molecule has 3 nitrogen and oxygen atoms in total. The van der Waals surface area contributed by atoms with Gasteiger partial charge in [0.2, 0.25) is 0 Å². The Bertz CT molecular complexity index is 722. The van der Waals surface area contributed by atoms with E-state index in [0.29, 0.717) is 16.6 Å². The van der Waals surface area contributed by atoms with Gasteiger partial charge < -0.3 is 9.13 Å². The second-order valence-corrected chi connectivity index (χ2v) is 14.2. The van der Waals surface area contributed by atoms with Crippen LogP contribution in [0.2, 0.25) is 16.6 Å². The van der Waals surface area contributed by atoms with Gasteiger partial charge in [-0.25, -0.2) is 0 Å². The quantitative estimate of drug-likeness (QED) is 0.479. The minimum atomic E-state index is -1.85. The summed E-state index contributed by atoms with van der Waals surface area (Å²) >= 11 is 0. The first-order chi connectivity index (χ1) is 11.7. The van der Waals surface area contributed by atoms with Gasteiger partial charge in [-0.15, -0.1) is 0 Å². The van der Waals surface area contributed by atoms with Crippen LogP contribution in [0, 0.1) is 0 Å². The molecule has 0 spiro atoms. The van der Waals surface area contributed by atoms with Gasteiger partial charge in [-0.3, -0.25) is 4.79 Å². The van der Waals surface area contributed by atoms with Gasteiger partial charge in [-0.2, -0.15) is 0 Å². The Balaban J connectivity index is 2.91. The van der Waals surface area contributed by atoms with Crippen LogP contribution in [0.25, 0.3) is 10.9 Å². The summed E-state index contributed by atoms with van der Waals surface area (Å²) in [6.45, 7) is 15.1. The lowest BCUT2D eigenvalue weighted by molar-refractivity contribution is 0.112. The highest BCUT2D eigenvalue weighted by atomic mass is 28.3. The van der Waals surface area contributed by atoms with Crippen molar-refractivity contribution in [2.45, 2.75) is 64.7 Å². The van der Waals surface area contributed by atoms with Crippen molar-refractivity contribution >= 4 is 25.4 Å². The lowest BCUT2D eigenvalue weighted by atomic mass is 10.1. The summed E-state index contributed by atoms with van der Waals surface area (Å²) < 4.78 is 2.62. The van der Waals surface area contributed by atoms with Gasteiger partial charge in [-0.1, -0.05) is 53.7 Å². The Morgan fingerprint density at radius 2 is 1.60 bits per heavy atom. The standard InChI is InChI=1S/C21H34N2OSi/c1-15(2)25(16(3)4,17(5)6)23-13-19(12-22(7)8)21-18(14-24)10-9-11-20(21)23/h9-11,13-17H,12H2,1-8H3. The highest BCUT2D eigenvalue weighted by Crippen LogP contribution is 2.45. The number of rotatable bonds is 7. The molecule has 0 saturated heterocycles. The van der Waals surface area contributed by atoms with Crippen LogP contribution in [0.15, 0.2) is 24.4 Å². The Morgan fingerprint density at radius 3 is 2.04 bits per heavy atom. The van der Waals surface area contributed by atoms with E-state index in [2.05, 4.69) is 77.0 Å². The minimum absolute atomic E-state index is 0.621. The minimum Gasteiger partial charge on any atom is -0.373 e. The molecule has 0 radical (unpaired) electrons. The molecule has 1 aromatic heterocycles. The highest BCUT2D eigenvalue weighted by molar-refractivity contribution is 6.82. The van der Waals surface area contributed by atoms with E-state index in [1.54, 1.807) is 0 Å². The van der Waals surface area contributed by atoms with Crippen LogP contribution < -0.4 is 0 Å². The molecule has 0 amide bonds. The predicted molar refractivity (Wildman–Crippen MR) is 111 cm³/mol.